The molecule has 0 radical (unpaired) electrons. The molecule has 0 spiro atoms. The molecule has 26 heavy (non-hydrogen) atoms. The lowest BCUT2D eigenvalue weighted by atomic mass is 9.68. The van der Waals surface area contributed by atoms with Crippen LogP contribution in [-0.4, -0.2) is 7.11 Å². The van der Waals surface area contributed by atoms with Crippen molar-refractivity contribution in [2.24, 2.45) is 17.8 Å². The van der Waals surface area contributed by atoms with Gasteiger partial charge in [-0.1, -0.05) is 49.6 Å². The second-order valence-corrected chi connectivity index (χ2v) is 8.79. The van der Waals surface area contributed by atoms with Crippen LogP contribution in [-0.2, 0) is 11.3 Å². The van der Waals surface area contributed by atoms with Crippen molar-refractivity contribution in [3.63, 3.8) is 0 Å². The van der Waals surface area contributed by atoms with Crippen LogP contribution in [0.4, 0.5) is 0 Å². The molecule has 0 aliphatic heterocycles. The average molecular weight is 355 g/mol. The van der Waals surface area contributed by atoms with Gasteiger partial charge in [-0.05, 0) is 86.2 Å². The lowest BCUT2D eigenvalue weighted by Crippen LogP contribution is -2.25. The molecule has 1 aromatic rings. The van der Waals surface area contributed by atoms with Gasteiger partial charge >= 0.3 is 0 Å². The average Bonchev–Trinajstić information content (AvgIpc) is 2.70. The van der Waals surface area contributed by atoms with E-state index in [1.54, 1.807) is 12.7 Å². The molecule has 2 aliphatic carbocycles. The molecule has 0 amide bonds. The lowest BCUT2D eigenvalue weighted by molar-refractivity contribution is 0.156. The van der Waals surface area contributed by atoms with Gasteiger partial charge < -0.3 is 4.74 Å². The molecule has 0 atom stereocenters. The molecule has 0 N–H and O–H groups in total. The van der Waals surface area contributed by atoms with Crippen molar-refractivity contribution in [2.45, 2.75) is 83.2 Å². The second kappa shape index (κ2) is 10.3. The van der Waals surface area contributed by atoms with E-state index in [9.17, 15) is 0 Å². The van der Waals surface area contributed by atoms with Crippen molar-refractivity contribution in [3.8, 4) is 0 Å². The molecule has 2 aliphatic rings. The second-order valence-electron chi connectivity index (χ2n) is 8.79. The molecule has 1 heteroatoms. The monoisotopic (exact) mass is 354 g/mol. The summed E-state index contributed by atoms with van der Waals surface area (Å²) in [4.78, 5) is 0. The number of hydrogen-bond acceptors (Lipinski definition) is 1. The summed E-state index contributed by atoms with van der Waals surface area (Å²) in [6, 6.07) is 9.18. The van der Waals surface area contributed by atoms with Gasteiger partial charge in [0.15, 0.2) is 0 Å². The van der Waals surface area contributed by atoms with Crippen molar-refractivity contribution in [1.82, 2.24) is 0 Å². The maximum Gasteiger partial charge on any atom is 0.0713 e. The Labute approximate surface area is 161 Å². The summed E-state index contributed by atoms with van der Waals surface area (Å²) in [5.41, 5.74) is 2.84. The van der Waals surface area contributed by atoms with Gasteiger partial charge in [0.1, 0.15) is 0 Å². The SMILES string of the molecule is C=CCCCC1CCC(C2CCC(c3ccc(COC)cc3)CC2)CC1. The largest absolute Gasteiger partial charge is 0.380 e. The molecule has 3 rings (SSSR count). The Hall–Kier alpha value is -1.08. The Morgan fingerprint density at radius 1 is 0.923 bits per heavy atom. The summed E-state index contributed by atoms with van der Waals surface area (Å²) in [5.74, 6) is 3.83. The van der Waals surface area contributed by atoms with Crippen molar-refractivity contribution in [3.05, 3.63) is 48.0 Å². The first-order valence-corrected chi connectivity index (χ1v) is 11.0. The summed E-state index contributed by atoms with van der Waals surface area (Å²) in [5, 5.41) is 0. The van der Waals surface area contributed by atoms with E-state index in [0.29, 0.717) is 0 Å². The number of rotatable bonds is 8. The molecule has 2 saturated carbocycles. The lowest BCUT2D eigenvalue weighted by Gasteiger charge is -2.38. The van der Waals surface area contributed by atoms with E-state index in [1.165, 1.54) is 76.2 Å². The molecule has 0 heterocycles. The summed E-state index contributed by atoms with van der Waals surface area (Å²) in [6.45, 7) is 4.58. The number of ether oxygens (including phenoxy) is 1. The van der Waals surface area contributed by atoms with Gasteiger partial charge in [-0.15, -0.1) is 6.58 Å². The molecule has 1 nitrogen and oxygen atoms in total. The van der Waals surface area contributed by atoms with E-state index >= 15 is 0 Å². The quantitative estimate of drug-likeness (QED) is 0.352. The van der Waals surface area contributed by atoms with Crippen LogP contribution in [0.3, 0.4) is 0 Å². The van der Waals surface area contributed by atoms with Crippen molar-refractivity contribution in [2.75, 3.05) is 7.11 Å². The highest BCUT2D eigenvalue weighted by molar-refractivity contribution is 5.25. The van der Waals surface area contributed by atoms with Crippen LogP contribution >= 0.6 is 0 Å². The highest BCUT2D eigenvalue weighted by Crippen LogP contribution is 2.44. The minimum Gasteiger partial charge on any atom is -0.380 e. The molecule has 0 saturated heterocycles. The third-order valence-corrected chi connectivity index (χ3v) is 7.11. The molecule has 144 valence electrons. The Kier molecular flexibility index (Phi) is 7.80. The normalized spacial score (nSPS) is 29.4. The van der Waals surface area contributed by atoms with E-state index in [0.717, 1.165) is 30.3 Å². The zero-order valence-electron chi connectivity index (χ0n) is 16.8. The van der Waals surface area contributed by atoms with Crippen LogP contribution in [0.2, 0.25) is 0 Å². The van der Waals surface area contributed by atoms with E-state index < -0.39 is 0 Å². The molecule has 0 unspecified atom stereocenters. The highest BCUT2D eigenvalue weighted by atomic mass is 16.5. The summed E-state index contributed by atoms with van der Waals surface area (Å²) < 4.78 is 5.22. The third-order valence-electron chi connectivity index (χ3n) is 7.11. The van der Waals surface area contributed by atoms with Crippen LogP contribution in [0.1, 0.15) is 87.7 Å². The van der Waals surface area contributed by atoms with Gasteiger partial charge in [0.2, 0.25) is 0 Å². The number of methoxy groups -OCH3 is 1. The van der Waals surface area contributed by atoms with E-state index in [-0.39, 0.29) is 0 Å². The Morgan fingerprint density at radius 3 is 2.12 bits per heavy atom. The fraction of sp³-hybridized carbons (Fsp3) is 0.680. The molecule has 0 aromatic heterocycles. The summed E-state index contributed by atoms with van der Waals surface area (Å²) in [6.07, 6.45) is 17.8. The van der Waals surface area contributed by atoms with E-state index in [4.69, 9.17) is 4.74 Å². The fourth-order valence-corrected chi connectivity index (χ4v) is 5.48. The smallest absolute Gasteiger partial charge is 0.0713 e. The first kappa shape index (κ1) is 19.7. The van der Waals surface area contributed by atoms with Crippen LogP contribution in [0.25, 0.3) is 0 Å². The Balaban J connectivity index is 1.40. The minimum atomic E-state index is 0.725. The predicted molar refractivity (Wildman–Crippen MR) is 111 cm³/mol. The van der Waals surface area contributed by atoms with Gasteiger partial charge in [-0.25, -0.2) is 0 Å². The summed E-state index contributed by atoms with van der Waals surface area (Å²) in [7, 11) is 1.77. The van der Waals surface area contributed by atoms with Gasteiger partial charge in [0, 0.05) is 7.11 Å². The highest BCUT2D eigenvalue weighted by Gasteiger charge is 2.31. The van der Waals surface area contributed by atoms with Gasteiger partial charge in [0.05, 0.1) is 6.61 Å². The Bertz CT molecular complexity index is 516. The number of unbranched alkanes of at least 4 members (excludes halogenated alkanes) is 1. The Morgan fingerprint density at radius 2 is 1.54 bits per heavy atom. The van der Waals surface area contributed by atoms with E-state index in [2.05, 4.69) is 36.9 Å². The summed E-state index contributed by atoms with van der Waals surface area (Å²) >= 11 is 0. The zero-order chi connectivity index (χ0) is 18.2. The van der Waals surface area contributed by atoms with Crippen molar-refractivity contribution >= 4 is 0 Å². The third kappa shape index (κ3) is 5.46. The van der Waals surface area contributed by atoms with Crippen LogP contribution in [0.15, 0.2) is 36.9 Å². The molecule has 1 aromatic carbocycles. The van der Waals surface area contributed by atoms with Crippen LogP contribution in [0.5, 0.6) is 0 Å². The first-order valence-electron chi connectivity index (χ1n) is 11.0. The fourth-order valence-electron chi connectivity index (χ4n) is 5.48. The van der Waals surface area contributed by atoms with Gasteiger partial charge in [-0.3, -0.25) is 0 Å². The standard InChI is InChI=1S/C25H38O/c1-3-4-5-6-20-7-11-22(12-8-20)24-15-17-25(18-16-24)23-13-9-21(10-14-23)19-26-2/h3,9-10,13-14,20,22,24-25H,1,4-8,11-12,15-19H2,2H3. The predicted octanol–water partition coefficient (Wildman–Crippen LogP) is 7.27. The molecular formula is C25H38O. The molecule has 0 bridgehead atoms. The maximum absolute atomic E-state index is 5.22. The topological polar surface area (TPSA) is 9.23 Å². The van der Waals surface area contributed by atoms with Gasteiger partial charge in [-0.2, -0.15) is 0 Å². The van der Waals surface area contributed by atoms with Crippen molar-refractivity contribution < 1.29 is 4.74 Å². The minimum absolute atomic E-state index is 0.725. The number of benzene rings is 1. The van der Waals surface area contributed by atoms with Crippen LogP contribution in [0, 0.1) is 17.8 Å². The van der Waals surface area contributed by atoms with Gasteiger partial charge in [0.25, 0.3) is 0 Å². The number of allylic oxidation sites excluding steroid dienone is 1. The first-order chi connectivity index (χ1) is 12.8. The maximum atomic E-state index is 5.22. The molecule has 2 fully saturated rings. The van der Waals surface area contributed by atoms with E-state index in [1.807, 2.05) is 0 Å². The number of hydrogen-bond donors (Lipinski definition) is 0. The van der Waals surface area contributed by atoms with Crippen molar-refractivity contribution in [1.29, 1.82) is 0 Å². The molecular weight excluding hydrogens is 316 g/mol. The zero-order valence-corrected chi connectivity index (χ0v) is 16.8. The van der Waals surface area contributed by atoms with Crippen LogP contribution < -0.4 is 0 Å².